The number of nitrogens with zero attached hydrogens (tertiary/aromatic N) is 2. The molecule has 0 bridgehead atoms. The number of aliphatic carboxylic acids is 1. The second-order valence-corrected chi connectivity index (χ2v) is 7.31. The monoisotopic (exact) mass is 412 g/mol. The Morgan fingerprint density at radius 3 is 2.76 bits per heavy atom. The molecule has 0 unspecified atom stereocenters. The van der Waals surface area contributed by atoms with Crippen LogP contribution in [-0.4, -0.2) is 45.3 Å². The number of likely N-dealkylation sites (N-methyl/N-ethyl adjacent to an activating group) is 1. The van der Waals surface area contributed by atoms with Gasteiger partial charge in [0.05, 0.1) is 4.91 Å². The van der Waals surface area contributed by atoms with E-state index in [2.05, 4.69) is 4.99 Å². The molecule has 0 aliphatic carbocycles. The predicted octanol–water partition coefficient (Wildman–Crippen LogP) is 3.79. The summed E-state index contributed by atoms with van der Waals surface area (Å²) in [6.07, 6.45) is 1.71. The van der Waals surface area contributed by atoms with Crippen molar-refractivity contribution in [2.75, 3.05) is 13.2 Å². The van der Waals surface area contributed by atoms with Crippen LogP contribution in [0.1, 0.15) is 18.1 Å². The number of rotatable bonds is 6. The van der Waals surface area contributed by atoms with Crippen LogP contribution in [0.2, 0.25) is 0 Å². The molecule has 1 aliphatic rings. The van der Waals surface area contributed by atoms with E-state index in [1.165, 1.54) is 11.8 Å². The van der Waals surface area contributed by atoms with Gasteiger partial charge in [-0.2, -0.15) is 0 Å². The van der Waals surface area contributed by atoms with E-state index in [9.17, 15) is 14.7 Å². The van der Waals surface area contributed by atoms with E-state index in [1.807, 2.05) is 19.9 Å². The highest BCUT2D eigenvalue weighted by atomic mass is 32.2. The van der Waals surface area contributed by atoms with Crippen LogP contribution in [0.15, 0.2) is 52.4 Å². The van der Waals surface area contributed by atoms with Crippen LogP contribution in [0.4, 0.5) is 5.69 Å². The lowest BCUT2D eigenvalue weighted by atomic mass is 10.2. The van der Waals surface area contributed by atoms with Crippen LogP contribution in [-0.2, 0) is 9.59 Å². The van der Waals surface area contributed by atoms with Gasteiger partial charge in [-0.25, -0.2) is 9.79 Å². The van der Waals surface area contributed by atoms with Gasteiger partial charge in [0, 0.05) is 6.54 Å². The number of aromatic hydroxyl groups is 1. The number of phenolic OH excluding ortho intramolecular Hbond substituents is 1. The molecular weight excluding hydrogens is 392 g/mol. The van der Waals surface area contributed by atoms with Gasteiger partial charge in [-0.05, 0) is 67.1 Å². The molecule has 1 heterocycles. The summed E-state index contributed by atoms with van der Waals surface area (Å²) >= 11 is 1.22. The van der Waals surface area contributed by atoms with Gasteiger partial charge in [0.15, 0.2) is 11.8 Å². The summed E-state index contributed by atoms with van der Waals surface area (Å²) < 4.78 is 5.18. The van der Waals surface area contributed by atoms with Crippen LogP contribution in [0.3, 0.4) is 0 Å². The number of phenols is 1. The van der Waals surface area contributed by atoms with Gasteiger partial charge in [0.25, 0.3) is 5.91 Å². The fourth-order valence-corrected chi connectivity index (χ4v) is 3.75. The van der Waals surface area contributed by atoms with E-state index in [1.54, 1.807) is 47.4 Å². The Balaban J connectivity index is 1.88. The summed E-state index contributed by atoms with van der Waals surface area (Å²) in [5, 5.41) is 19.3. The number of aliphatic imine (C=N–C) groups is 1. The Bertz CT molecular complexity index is 1020. The summed E-state index contributed by atoms with van der Waals surface area (Å²) in [6, 6.07) is 12.0. The van der Waals surface area contributed by atoms with Gasteiger partial charge in [-0.1, -0.05) is 18.2 Å². The highest BCUT2D eigenvalue weighted by Gasteiger charge is 2.32. The topological polar surface area (TPSA) is 99.4 Å². The van der Waals surface area contributed by atoms with Crippen molar-refractivity contribution < 1.29 is 24.5 Å². The number of benzene rings is 2. The van der Waals surface area contributed by atoms with Crippen molar-refractivity contribution in [3.63, 3.8) is 0 Å². The van der Waals surface area contributed by atoms with Crippen LogP contribution in [0, 0.1) is 6.92 Å². The lowest BCUT2D eigenvalue weighted by Gasteiger charge is -2.12. The minimum Gasteiger partial charge on any atom is -0.506 e. The third kappa shape index (κ3) is 4.97. The van der Waals surface area contributed by atoms with Crippen LogP contribution in [0.25, 0.3) is 6.08 Å². The lowest BCUT2D eigenvalue weighted by molar-refractivity contribution is -0.139. The van der Waals surface area contributed by atoms with Gasteiger partial charge >= 0.3 is 5.97 Å². The molecule has 2 aromatic carbocycles. The number of hydrogen-bond donors (Lipinski definition) is 2. The van der Waals surface area contributed by atoms with Gasteiger partial charge in [0.2, 0.25) is 0 Å². The molecule has 8 heteroatoms. The molecule has 29 heavy (non-hydrogen) atoms. The summed E-state index contributed by atoms with van der Waals surface area (Å²) in [6.45, 7) is 3.73. The Morgan fingerprint density at radius 1 is 1.28 bits per heavy atom. The Labute approximate surface area is 172 Å². The van der Waals surface area contributed by atoms with E-state index >= 15 is 0 Å². The van der Waals surface area contributed by atoms with E-state index < -0.39 is 12.6 Å². The number of carboxylic acids is 1. The first kappa shape index (κ1) is 20.5. The number of ether oxygens (including phenoxy) is 1. The van der Waals surface area contributed by atoms with Crippen molar-refractivity contribution in [1.29, 1.82) is 0 Å². The molecule has 0 atom stereocenters. The summed E-state index contributed by atoms with van der Waals surface area (Å²) in [5.41, 5.74) is 2.02. The zero-order valence-corrected chi connectivity index (χ0v) is 16.8. The number of carbonyl (C=O) groups excluding carboxylic acids is 1. The highest BCUT2D eigenvalue weighted by Crippen LogP contribution is 2.36. The molecule has 2 N–H and O–H groups in total. The van der Waals surface area contributed by atoms with Gasteiger partial charge in [-0.3, -0.25) is 9.69 Å². The maximum absolute atomic E-state index is 12.8. The zero-order chi connectivity index (χ0) is 21.0. The van der Waals surface area contributed by atoms with E-state index in [-0.39, 0.29) is 11.7 Å². The molecule has 150 valence electrons. The molecule has 0 spiro atoms. The van der Waals surface area contributed by atoms with Gasteiger partial charge < -0.3 is 14.9 Å². The molecule has 0 saturated carbocycles. The largest absolute Gasteiger partial charge is 0.506 e. The molecule has 1 amide bonds. The number of amidine groups is 1. The summed E-state index contributed by atoms with van der Waals surface area (Å²) in [4.78, 5) is 29.9. The van der Waals surface area contributed by atoms with Gasteiger partial charge in [0.1, 0.15) is 17.2 Å². The van der Waals surface area contributed by atoms with Crippen LogP contribution >= 0.6 is 11.8 Å². The van der Waals surface area contributed by atoms with Crippen LogP contribution < -0.4 is 4.74 Å². The molecule has 1 fully saturated rings. The molecule has 3 rings (SSSR count). The third-order valence-electron chi connectivity index (χ3n) is 4.07. The van der Waals surface area contributed by atoms with Crippen molar-refractivity contribution in [3.05, 3.63) is 58.5 Å². The average molecular weight is 412 g/mol. The molecule has 2 aromatic rings. The molecule has 7 nitrogen and oxygen atoms in total. The first-order valence-electron chi connectivity index (χ1n) is 8.91. The molecule has 1 saturated heterocycles. The van der Waals surface area contributed by atoms with Crippen LogP contribution in [0.5, 0.6) is 11.5 Å². The van der Waals surface area contributed by atoms with E-state index in [0.29, 0.717) is 33.6 Å². The predicted molar refractivity (Wildman–Crippen MR) is 112 cm³/mol. The van der Waals surface area contributed by atoms with E-state index in [0.717, 1.165) is 5.56 Å². The second-order valence-electron chi connectivity index (χ2n) is 6.30. The number of thioether (sulfide) groups is 1. The number of amides is 1. The van der Waals surface area contributed by atoms with Crippen molar-refractivity contribution in [3.8, 4) is 11.5 Å². The quantitative estimate of drug-likeness (QED) is 0.701. The standard InChI is InChI=1S/C21H20N2O5S/c1-3-23-20(27)18(11-14-5-4-6-15(10-14)28-12-19(25)26)29-21(23)22-16-8-7-13(2)9-17(16)24/h4-11,24H,3,12H2,1-2H3,(H,25,26)/b18-11-,22-21?. The number of carboxylic acid groups (broad SMARTS) is 1. The maximum Gasteiger partial charge on any atom is 0.341 e. The number of hydrogen-bond acceptors (Lipinski definition) is 6. The normalized spacial score (nSPS) is 16.6. The fourth-order valence-electron chi connectivity index (χ4n) is 2.69. The average Bonchev–Trinajstić information content (AvgIpc) is 2.97. The highest BCUT2D eigenvalue weighted by molar-refractivity contribution is 8.18. The molecule has 0 radical (unpaired) electrons. The Morgan fingerprint density at radius 2 is 2.07 bits per heavy atom. The number of aryl methyl sites for hydroxylation is 1. The summed E-state index contributed by atoms with van der Waals surface area (Å²) in [5.74, 6) is -0.779. The first-order chi connectivity index (χ1) is 13.9. The minimum atomic E-state index is -1.06. The Kier molecular flexibility index (Phi) is 6.23. The molecule has 0 aromatic heterocycles. The zero-order valence-electron chi connectivity index (χ0n) is 16.0. The second kappa shape index (κ2) is 8.83. The maximum atomic E-state index is 12.8. The Hall–Kier alpha value is -3.26. The van der Waals surface area contributed by atoms with Crippen molar-refractivity contribution in [2.24, 2.45) is 4.99 Å². The summed E-state index contributed by atoms with van der Waals surface area (Å²) in [7, 11) is 0. The smallest absolute Gasteiger partial charge is 0.341 e. The molecule has 1 aliphatic heterocycles. The first-order valence-corrected chi connectivity index (χ1v) is 9.73. The fraction of sp³-hybridized carbons (Fsp3) is 0.190. The third-order valence-corrected chi connectivity index (χ3v) is 5.08. The van der Waals surface area contributed by atoms with Crippen molar-refractivity contribution >= 4 is 40.6 Å². The minimum absolute atomic E-state index is 0.0577. The van der Waals surface area contributed by atoms with Gasteiger partial charge in [-0.15, -0.1) is 0 Å². The SMILES string of the molecule is CCN1C(=O)/C(=C/c2cccc(OCC(=O)O)c2)SC1=Nc1ccc(C)cc1O. The van der Waals surface area contributed by atoms with Crippen molar-refractivity contribution in [1.82, 2.24) is 4.90 Å². The lowest BCUT2D eigenvalue weighted by Crippen LogP contribution is -2.28. The molecular formula is C21H20N2O5S. The number of carbonyl (C=O) groups is 2. The van der Waals surface area contributed by atoms with E-state index in [4.69, 9.17) is 9.84 Å². The van der Waals surface area contributed by atoms with Crippen molar-refractivity contribution in [2.45, 2.75) is 13.8 Å².